The van der Waals surface area contributed by atoms with Gasteiger partial charge in [-0.3, -0.25) is 14.2 Å². The van der Waals surface area contributed by atoms with Crippen LogP contribution < -0.4 is 25.2 Å². The number of nitrogens with one attached hydrogen (secondary N) is 1. The second kappa shape index (κ2) is 9.72. The number of nitrogens with zero attached hydrogens (tertiary/aromatic N) is 3. The van der Waals surface area contributed by atoms with Crippen LogP contribution in [0.1, 0.15) is 25.7 Å². The Balaban J connectivity index is 1.41. The number of aryl methyl sites for hydroxylation is 1. The van der Waals surface area contributed by atoms with Gasteiger partial charge < -0.3 is 19.7 Å². The number of ether oxygens (including phenoxy) is 2. The second-order valence-electron chi connectivity index (χ2n) is 7.83. The number of hydrogen-bond acceptors (Lipinski definition) is 6. The summed E-state index contributed by atoms with van der Waals surface area (Å²) in [5, 5.41) is 3.48. The van der Waals surface area contributed by atoms with Crippen molar-refractivity contribution in [3.8, 4) is 11.5 Å². The van der Waals surface area contributed by atoms with Gasteiger partial charge in [0, 0.05) is 32.1 Å². The van der Waals surface area contributed by atoms with Gasteiger partial charge in [0.15, 0.2) is 11.5 Å². The first kappa shape index (κ1) is 21.7. The summed E-state index contributed by atoms with van der Waals surface area (Å²) in [6, 6.07) is 11.2. The summed E-state index contributed by atoms with van der Waals surface area (Å²) in [6.07, 6.45) is 4.70. The van der Waals surface area contributed by atoms with Crippen molar-refractivity contribution in [1.29, 1.82) is 0 Å². The lowest BCUT2D eigenvalue weighted by Gasteiger charge is -2.21. The molecule has 0 atom stereocenters. The predicted octanol–water partition coefficient (Wildman–Crippen LogP) is 3.43. The van der Waals surface area contributed by atoms with Crippen molar-refractivity contribution < 1.29 is 14.3 Å². The molecule has 0 spiro atoms. The van der Waals surface area contributed by atoms with Crippen molar-refractivity contribution in [1.82, 2.24) is 9.55 Å². The number of aromatic nitrogens is 2. The molecule has 2 aromatic carbocycles. The molecular formula is C24H28N4O4. The van der Waals surface area contributed by atoms with Crippen molar-refractivity contribution in [3.63, 3.8) is 0 Å². The van der Waals surface area contributed by atoms with E-state index in [-0.39, 0.29) is 11.5 Å². The molecule has 32 heavy (non-hydrogen) atoms. The molecule has 0 aliphatic carbocycles. The Labute approximate surface area is 186 Å². The van der Waals surface area contributed by atoms with E-state index >= 15 is 0 Å². The summed E-state index contributed by atoms with van der Waals surface area (Å²) in [4.78, 5) is 32.1. The predicted molar refractivity (Wildman–Crippen MR) is 125 cm³/mol. The Morgan fingerprint density at radius 3 is 2.56 bits per heavy atom. The first-order chi connectivity index (χ1) is 15.6. The van der Waals surface area contributed by atoms with Crippen LogP contribution in [-0.2, 0) is 11.3 Å². The zero-order valence-electron chi connectivity index (χ0n) is 18.5. The van der Waals surface area contributed by atoms with E-state index in [0.29, 0.717) is 41.8 Å². The Morgan fingerprint density at radius 2 is 1.81 bits per heavy atom. The fourth-order valence-corrected chi connectivity index (χ4v) is 4.08. The maximum absolute atomic E-state index is 12.9. The molecular weight excluding hydrogens is 408 g/mol. The van der Waals surface area contributed by atoms with Crippen molar-refractivity contribution in [2.75, 3.05) is 37.5 Å². The van der Waals surface area contributed by atoms with Gasteiger partial charge in [0.25, 0.3) is 5.56 Å². The number of benzene rings is 2. The van der Waals surface area contributed by atoms with Crippen molar-refractivity contribution in [3.05, 3.63) is 53.1 Å². The summed E-state index contributed by atoms with van der Waals surface area (Å²) in [5.74, 6) is 0.938. The van der Waals surface area contributed by atoms with Crippen molar-refractivity contribution in [2.45, 2.75) is 32.2 Å². The molecule has 1 N–H and O–H groups in total. The number of carbonyl (C=O) groups is 1. The maximum Gasteiger partial charge on any atom is 0.261 e. The zero-order valence-corrected chi connectivity index (χ0v) is 18.5. The summed E-state index contributed by atoms with van der Waals surface area (Å²) in [6.45, 7) is 2.43. The number of methoxy groups -OCH3 is 2. The Bertz CT molecular complexity index is 1170. The normalized spacial score (nSPS) is 13.4. The molecule has 0 radical (unpaired) electrons. The van der Waals surface area contributed by atoms with E-state index in [0.717, 1.165) is 24.5 Å². The first-order valence-electron chi connectivity index (χ1n) is 10.9. The van der Waals surface area contributed by atoms with E-state index in [9.17, 15) is 9.59 Å². The minimum absolute atomic E-state index is 0.0650. The average Bonchev–Trinajstić information content (AvgIpc) is 3.35. The molecule has 1 amide bonds. The molecule has 1 saturated heterocycles. The number of para-hydroxylation sites is 2. The fraction of sp³-hybridized carbons (Fsp3) is 0.375. The highest BCUT2D eigenvalue weighted by atomic mass is 16.5. The second-order valence-corrected chi connectivity index (χ2v) is 7.83. The molecule has 4 rings (SSSR count). The zero-order chi connectivity index (χ0) is 22.5. The minimum Gasteiger partial charge on any atom is -0.493 e. The van der Waals surface area contributed by atoms with Crippen LogP contribution in [0.25, 0.3) is 10.9 Å². The van der Waals surface area contributed by atoms with Gasteiger partial charge in [-0.25, -0.2) is 4.98 Å². The third-order valence-electron chi connectivity index (χ3n) is 5.76. The van der Waals surface area contributed by atoms with E-state index in [2.05, 4.69) is 15.2 Å². The average molecular weight is 437 g/mol. The molecule has 1 aliphatic heterocycles. The van der Waals surface area contributed by atoms with Crippen LogP contribution >= 0.6 is 0 Å². The van der Waals surface area contributed by atoms with Gasteiger partial charge >= 0.3 is 0 Å². The number of carbonyl (C=O) groups excluding carboxylic acids is 1. The highest BCUT2D eigenvalue weighted by Gasteiger charge is 2.16. The molecule has 8 nitrogen and oxygen atoms in total. The number of rotatable bonds is 8. The molecule has 1 aromatic heterocycles. The van der Waals surface area contributed by atoms with Crippen molar-refractivity contribution in [2.24, 2.45) is 0 Å². The molecule has 1 aliphatic rings. The summed E-state index contributed by atoms with van der Waals surface area (Å²) in [5.41, 5.74) is 2.28. The van der Waals surface area contributed by atoms with E-state index < -0.39 is 0 Å². The topological polar surface area (TPSA) is 85.7 Å². The molecule has 0 unspecified atom stereocenters. The minimum atomic E-state index is -0.171. The first-order valence-corrected chi connectivity index (χ1v) is 10.9. The fourth-order valence-electron chi connectivity index (χ4n) is 4.08. The molecule has 168 valence electrons. The molecule has 3 aromatic rings. The standard InChI is InChI=1S/C24H28N4O4/c1-31-21-14-17-19(15-22(21)32-2)25-16-28(24(17)30)13-7-10-23(29)26-18-8-3-4-9-20(18)27-11-5-6-12-27/h3-4,8-9,14-16H,5-7,10-13H2,1-2H3,(H,26,29). The van der Waals surface area contributed by atoms with E-state index in [1.807, 2.05) is 24.3 Å². The quantitative estimate of drug-likeness (QED) is 0.582. The summed E-state index contributed by atoms with van der Waals surface area (Å²) in [7, 11) is 3.07. The van der Waals surface area contributed by atoms with E-state index in [1.54, 1.807) is 19.2 Å². The van der Waals surface area contributed by atoms with E-state index in [1.165, 1.54) is 30.8 Å². The maximum atomic E-state index is 12.9. The third-order valence-corrected chi connectivity index (χ3v) is 5.76. The van der Waals surface area contributed by atoms with Gasteiger partial charge in [-0.05, 0) is 37.5 Å². The lowest BCUT2D eigenvalue weighted by atomic mass is 10.2. The van der Waals surface area contributed by atoms with Gasteiger partial charge in [-0.1, -0.05) is 12.1 Å². The lowest BCUT2D eigenvalue weighted by Crippen LogP contribution is -2.23. The Hall–Kier alpha value is -3.55. The van der Waals surface area contributed by atoms with Crippen LogP contribution in [-0.4, -0.2) is 42.8 Å². The van der Waals surface area contributed by atoms with Crippen LogP contribution in [0.5, 0.6) is 11.5 Å². The third kappa shape index (κ3) is 4.54. The van der Waals surface area contributed by atoms with Crippen molar-refractivity contribution >= 4 is 28.2 Å². The highest BCUT2D eigenvalue weighted by Crippen LogP contribution is 2.30. The largest absolute Gasteiger partial charge is 0.493 e. The van der Waals surface area contributed by atoms with Gasteiger partial charge in [0.2, 0.25) is 5.91 Å². The number of anilines is 2. The van der Waals surface area contributed by atoms with E-state index in [4.69, 9.17) is 9.47 Å². The highest BCUT2D eigenvalue weighted by molar-refractivity contribution is 5.94. The Kier molecular flexibility index (Phi) is 6.58. The molecule has 8 heteroatoms. The monoisotopic (exact) mass is 436 g/mol. The van der Waals surface area contributed by atoms with Gasteiger partial charge in [0.05, 0.1) is 42.8 Å². The smallest absolute Gasteiger partial charge is 0.261 e. The van der Waals surface area contributed by atoms with Crippen LogP contribution in [0.3, 0.4) is 0 Å². The molecule has 0 saturated carbocycles. The Morgan fingerprint density at radius 1 is 1.09 bits per heavy atom. The van der Waals surface area contributed by atoms with Gasteiger partial charge in [-0.2, -0.15) is 0 Å². The van der Waals surface area contributed by atoms with Crippen LogP contribution in [0.15, 0.2) is 47.5 Å². The molecule has 2 heterocycles. The number of fused-ring (bicyclic) bond motifs is 1. The molecule has 0 bridgehead atoms. The number of hydrogen-bond donors (Lipinski definition) is 1. The molecule has 1 fully saturated rings. The summed E-state index contributed by atoms with van der Waals surface area (Å²) < 4.78 is 12.1. The van der Waals surface area contributed by atoms with Gasteiger partial charge in [0.1, 0.15) is 0 Å². The van der Waals surface area contributed by atoms with Crippen LogP contribution in [0, 0.1) is 0 Å². The van der Waals surface area contributed by atoms with Crippen LogP contribution in [0.2, 0.25) is 0 Å². The van der Waals surface area contributed by atoms with Crippen LogP contribution in [0.4, 0.5) is 11.4 Å². The van der Waals surface area contributed by atoms with Gasteiger partial charge in [-0.15, -0.1) is 0 Å². The lowest BCUT2D eigenvalue weighted by molar-refractivity contribution is -0.116. The SMILES string of the molecule is COc1cc2ncn(CCCC(=O)Nc3ccccc3N3CCCC3)c(=O)c2cc1OC. The number of amides is 1. The summed E-state index contributed by atoms with van der Waals surface area (Å²) >= 11 is 0.